The maximum absolute atomic E-state index is 13.1. The molecule has 2 aromatic carbocycles. The highest BCUT2D eigenvalue weighted by Crippen LogP contribution is 2.27. The van der Waals surface area contributed by atoms with E-state index in [1.165, 1.54) is 9.36 Å². The minimum absolute atomic E-state index is 0.0746. The van der Waals surface area contributed by atoms with E-state index < -0.39 is 11.3 Å². The summed E-state index contributed by atoms with van der Waals surface area (Å²) in [6, 6.07) is 15.6. The molecule has 0 fully saturated rings. The van der Waals surface area contributed by atoms with E-state index in [0.717, 1.165) is 0 Å². The van der Waals surface area contributed by atoms with Gasteiger partial charge in [0.15, 0.2) is 0 Å². The fourth-order valence-electron chi connectivity index (χ4n) is 3.23. The van der Waals surface area contributed by atoms with E-state index in [0.29, 0.717) is 11.3 Å². The Morgan fingerprint density at radius 1 is 0.840 bits per heavy atom. The Balaban J connectivity index is 2.11. The Bertz CT molecular complexity index is 1090. The Labute approximate surface area is 143 Å². The minimum Gasteiger partial charge on any atom is -0.288 e. The van der Waals surface area contributed by atoms with Crippen molar-refractivity contribution in [1.82, 2.24) is 9.36 Å². The third-order valence-electron chi connectivity index (χ3n) is 4.30. The lowest BCUT2D eigenvalue weighted by molar-refractivity contribution is 0.0974. The van der Waals surface area contributed by atoms with Gasteiger partial charge in [-0.25, -0.2) is 9.36 Å². The van der Waals surface area contributed by atoms with Gasteiger partial charge in [0.05, 0.1) is 12.2 Å². The number of benzene rings is 2. The normalized spacial score (nSPS) is 12.6. The van der Waals surface area contributed by atoms with Crippen molar-refractivity contribution < 1.29 is 9.59 Å². The Kier molecular flexibility index (Phi) is 3.35. The summed E-state index contributed by atoms with van der Waals surface area (Å²) < 4.78 is 2.89. The number of hydrogen-bond acceptors (Lipinski definition) is 3. The van der Waals surface area contributed by atoms with Crippen LogP contribution >= 0.6 is 0 Å². The summed E-state index contributed by atoms with van der Waals surface area (Å²) in [4.78, 5) is 38.8. The molecule has 0 amide bonds. The standard InChI is InChI=1S/C20H14N2O3/c1-2-12-21-20(25)16-17(22(21)13-8-4-3-5-9-13)19(24)15-11-7-6-10-14(15)18(16)23/h2-11H,1,12H2. The fourth-order valence-corrected chi connectivity index (χ4v) is 3.23. The number of ketones is 2. The van der Waals surface area contributed by atoms with Crippen LogP contribution in [0.15, 0.2) is 72.0 Å². The van der Waals surface area contributed by atoms with E-state index in [9.17, 15) is 14.4 Å². The first-order valence-corrected chi connectivity index (χ1v) is 7.85. The molecule has 4 rings (SSSR count). The molecule has 1 aliphatic rings. The first-order chi connectivity index (χ1) is 12.1. The molecule has 5 nitrogen and oxygen atoms in total. The molecule has 0 bridgehead atoms. The average Bonchev–Trinajstić information content (AvgIpc) is 2.94. The molecular formula is C20H14N2O3. The molecule has 0 atom stereocenters. The van der Waals surface area contributed by atoms with E-state index >= 15 is 0 Å². The molecule has 5 heteroatoms. The molecule has 1 aliphatic carbocycles. The minimum atomic E-state index is -0.480. The summed E-state index contributed by atoms with van der Waals surface area (Å²) in [7, 11) is 0. The van der Waals surface area contributed by atoms with E-state index in [-0.39, 0.29) is 29.1 Å². The lowest BCUT2D eigenvalue weighted by atomic mass is 9.88. The number of aromatic nitrogens is 2. The largest absolute Gasteiger partial charge is 0.288 e. The van der Waals surface area contributed by atoms with Crippen molar-refractivity contribution in [2.45, 2.75) is 6.54 Å². The van der Waals surface area contributed by atoms with Gasteiger partial charge in [0, 0.05) is 11.1 Å². The maximum atomic E-state index is 13.1. The zero-order valence-corrected chi connectivity index (χ0v) is 13.3. The van der Waals surface area contributed by atoms with Crippen LogP contribution in [0, 0.1) is 0 Å². The third-order valence-corrected chi connectivity index (χ3v) is 4.30. The molecule has 0 saturated carbocycles. The van der Waals surface area contributed by atoms with Crippen molar-refractivity contribution >= 4 is 11.6 Å². The number of carbonyl (C=O) groups is 2. The van der Waals surface area contributed by atoms with Crippen molar-refractivity contribution in [3.63, 3.8) is 0 Å². The van der Waals surface area contributed by atoms with Gasteiger partial charge >= 0.3 is 0 Å². The zero-order chi connectivity index (χ0) is 17.6. The highest BCUT2D eigenvalue weighted by Gasteiger charge is 2.37. The van der Waals surface area contributed by atoms with Crippen molar-refractivity contribution in [3.05, 3.63) is 100.0 Å². The Hall–Kier alpha value is -3.47. The molecule has 0 N–H and O–H groups in total. The molecule has 1 aromatic heterocycles. The smallest absolute Gasteiger partial charge is 0.279 e. The van der Waals surface area contributed by atoms with Gasteiger partial charge in [-0.3, -0.25) is 14.4 Å². The number of para-hydroxylation sites is 1. The molecule has 1 heterocycles. The summed E-state index contributed by atoms with van der Waals surface area (Å²) in [5.74, 6) is -0.739. The first-order valence-electron chi connectivity index (χ1n) is 7.85. The predicted octanol–water partition coefficient (Wildman–Crippen LogP) is 2.60. The maximum Gasteiger partial charge on any atom is 0.279 e. The van der Waals surface area contributed by atoms with Gasteiger partial charge in [-0.05, 0) is 12.1 Å². The summed E-state index contributed by atoms with van der Waals surface area (Å²) in [5.41, 5.74) is 0.791. The van der Waals surface area contributed by atoms with Crippen LogP contribution in [0.3, 0.4) is 0 Å². The Morgan fingerprint density at radius 3 is 2.08 bits per heavy atom. The molecule has 3 aromatic rings. The van der Waals surface area contributed by atoms with Crippen LogP contribution in [0.4, 0.5) is 0 Å². The zero-order valence-electron chi connectivity index (χ0n) is 13.3. The van der Waals surface area contributed by atoms with E-state index in [2.05, 4.69) is 6.58 Å². The quantitative estimate of drug-likeness (QED) is 0.543. The van der Waals surface area contributed by atoms with E-state index in [1.54, 1.807) is 42.5 Å². The van der Waals surface area contributed by atoms with Crippen molar-refractivity contribution in [2.24, 2.45) is 0 Å². The second kappa shape index (κ2) is 5.56. The summed E-state index contributed by atoms with van der Waals surface area (Å²) in [6.07, 6.45) is 1.56. The van der Waals surface area contributed by atoms with Crippen LogP contribution < -0.4 is 5.56 Å². The number of rotatable bonds is 3. The van der Waals surface area contributed by atoms with E-state index in [4.69, 9.17) is 0 Å². The molecule has 0 unspecified atom stereocenters. The van der Waals surface area contributed by atoms with Crippen LogP contribution in [-0.2, 0) is 6.54 Å². The van der Waals surface area contributed by atoms with Crippen LogP contribution in [0.2, 0.25) is 0 Å². The number of nitrogens with zero attached hydrogens (tertiary/aromatic N) is 2. The van der Waals surface area contributed by atoms with Crippen LogP contribution in [0.1, 0.15) is 32.0 Å². The van der Waals surface area contributed by atoms with Gasteiger partial charge in [0.1, 0.15) is 11.3 Å². The van der Waals surface area contributed by atoms with Crippen molar-refractivity contribution in [3.8, 4) is 5.69 Å². The molecular weight excluding hydrogens is 316 g/mol. The van der Waals surface area contributed by atoms with Crippen LogP contribution in [0.5, 0.6) is 0 Å². The predicted molar refractivity (Wildman–Crippen MR) is 93.5 cm³/mol. The van der Waals surface area contributed by atoms with Crippen molar-refractivity contribution in [1.29, 1.82) is 0 Å². The van der Waals surface area contributed by atoms with Gasteiger partial charge in [-0.1, -0.05) is 48.5 Å². The topological polar surface area (TPSA) is 61.1 Å². The van der Waals surface area contributed by atoms with Gasteiger partial charge < -0.3 is 0 Å². The third kappa shape index (κ3) is 2.06. The van der Waals surface area contributed by atoms with Gasteiger partial charge in [0.25, 0.3) is 5.56 Å². The Morgan fingerprint density at radius 2 is 1.44 bits per heavy atom. The van der Waals surface area contributed by atoms with Crippen molar-refractivity contribution in [2.75, 3.05) is 0 Å². The molecule has 0 aliphatic heterocycles. The summed E-state index contributed by atoms with van der Waals surface area (Å²) in [6.45, 7) is 3.86. The number of hydrogen-bond donors (Lipinski definition) is 0. The van der Waals surface area contributed by atoms with Gasteiger partial charge in [0.2, 0.25) is 11.6 Å². The lowest BCUT2D eigenvalue weighted by Crippen LogP contribution is -2.26. The van der Waals surface area contributed by atoms with Crippen LogP contribution in [0.25, 0.3) is 5.69 Å². The lowest BCUT2D eigenvalue weighted by Gasteiger charge is -2.17. The molecule has 122 valence electrons. The second-order valence-electron chi connectivity index (χ2n) is 5.75. The molecule has 0 saturated heterocycles. The number of fused-ring (bicyclic) bond motifs is 2. The van der Waals surface area contributed by atoms with Gasteiger partial charge in [-0.15, -0.1) is 6.58 Å². The molecule has 0 spiro atoms. The number of carbonyl (C=O) groups excluding carboxylic acids is 2. The summed E-state index contributed by atoms with van der Waals surface area (Å²) >= 11 is 0. The SMILES string of the molecule is C=CCn1c(=O)c2c(n1-c1ccccc1)C(=O)c1ccccc1C2=O. The molecule has 25 heavy (non-hydrogen) atoms. The molecule has 0 radical (unpaired) electrons. The van der Waals surface area contributed by atoms with Crippen LogP contribution in [-0.4, -0.2) is 20.9 Å². The summed E-state index contributed by atoms with van der Waals surface area (Å²) in [5, 5.41) is 0. The first kappa shape index (κ1) is 15.1. The fraction of sp³-hybridized carbons (Fsp3) is 0.0500. The highest BCUT2D eigenvalue weighted by atomic mass is 16.2. The van der Waals surface area contributed by atoms with E-state index in [1.807, 2.05) is 18.2 Å². The number of allylic oxidation sites excluding steroid dienone is 1. The highest BCUT2D eigenvalue weighted by molar-refractivity contribution is 6.27. The average molecular weight is 330 g/mol. The second-order valence-corrected chi connectivity index (χ2v) is 5.75. The van der Waals surface area contributed by atoms with Gasteiger partial charge in [-0.2, -0.15) is 0 Å². The monoisotopic (exact) mass is 330 g/mol.